The topological polar surface area (TPSA) is 54.2 Å². The highest BCUT2D eigenvalue weighted by Crippen LogP contribution is 2.42. The maximum atomic E-state index is 4.27. The highest BCUT2D eigenvalue weighted by atomic mass is 15.3. The van der Waals surface area contributed by atoms with Gasteiger partial charge in [0.2, 0.25) is 0 Å². The highest BCUT2D eigenvalue weighted by Gasteiger charge is 2.34. The molecule has 1 aromatic rings. The predicted octanol–water partition coefficient (Wildman–Crippen LogP) is 1.63. The van der Waals surface area contributed by atoms with Crippen LogP contribution in [-0.2, 0) is 6.54 Å². The number of nitrogens with one attached hydrogen (secondary N) is 2. The van der Waals surface area contributed by atoms with Crippen molar-refractivity contribution in [1.29, 1.82) is 0 Å². The fraction of sp³-hybridized carbons (Fsp3) is 0.714. The molecule has 2 N–H and O–H groups in total. The molecule has 1 heterocycles. The van der Waals surface area contributed by atoms with E-state index in [0.29, 0.717) is 5.41 Å². The minimum atomic E-state index is 0.513. The second-order valence-electron chi connectivity index (χ2n) is 5.33. The van der Waals surface area contributed by atoms with Crippen LogP contribution in [0, 0.1) is 5.41 Å². The van der Waals surface area contributed by atoms with Gasteiger partial charge in [-0.1, -0.05) is 13.3 Å². The maximum absolute atomic E-state index is 4.27. The molecule has 0 spiro atoms. The van der Waals surface area contributed by atoms with Crippen molar-refractivity contribution in [3.63, 3.8) is 0 Å². The van der Waals surface area contributed by atoms with E-state index in [2.05, 4.69) is 27.6 Å². The fourth-order valence-electron chi connectivity index (χ4n) is 2.55. The summed E-state index contributed by atoms with van der Waals surface area (Å²) in [6, 6.07) is 1.94. The molecule has 5 heteroatoms. The van der Waals surface area contributed by atoms with Crippen molar-refractivity contribution in [2.75, 3.05) is 20.1 Å². The Hall–Kier alpha value is -1.52. The molecule has 0 unspecified atom stereocenters. The minimum absolute atomic E-state index is 0.513. The average Bonchev–Trinajstić information content (AvgIpc) is 2.89. The summed E-state index contributed by atoms with van der Waals surface area (Å²) >= 11 is 0. The zero-order chi connectivity index (χ0) is 13.6. The van der Waals surface area contributed by atoms with Crippen LogP contribution in [0.15, 0.2) is 23.5 Å². The summed E-state index contributed by atoms with van der Waals surface area (Å²) in [5.74, 6) is 0.895. The summed E-state index contributed by atoms with van der Waals surface area (Å²) in [5, 5.41) is 11.0. The van der Waals surface area contributed by atoms with Crippen molar-refractivity contribution in [3.05, 3.63) is 18.5 Å². The van der Waals surface area contributed by atoms with Crippen LogP contribution in [0.2, 0.25) is 0 Å². The first-order chi connectivity index (χ1) is 9.28. The van der Waals surface area contributed by atoms with Gasteiger partial charge in [-0.25, -0.2) is 0 Å². The van der Waals surface area contributed by atoms with Gasteiger partial charge in [0, 0.05) is 32.5 Å². The number of guanidine groups is 1. The second kappa shape index (κ2) is 6.59. The number of hydrogen-bond acceptors (Lipinski definition) is 2. The lowest BCUT2D eigenvalue weighted by Gasteiger charge is -2.41. The van der Waals surface area contributed by atoms with Crippen LogP contribution < -0.4 is 10.6 Å². The van der Waals surface area contributed by atoms with Gasteiger partial charge in [0.1, 0.15) is 0 Å². The lowest BCUT2D eigenvalue weighted by atomic mass is 9.67. The molecule has 5 nitrogen and oxygen atoms in total. The van der Waals surface area contributed by atoms with E-state index in [0.717, 1.165) is 25.6 Å². The molecule has 0 radical (unpaired) electrons. The van der Waals surface area contributed by atoms with Crippen molar-refractivity contribution >= 4 is 5.96 Å². The van der Waals surface area contributed by atoms with E-state index in [9.17, 15) is 0 Å². The van der Waals surface area contributed by atoms with Crippen molar-refractivity contribution in [2.24, 2.45) is 10.4 Å². The Labute approximate surface area is 115 Å². The van der Waals surface area contributed by atoms with Gasteiger partial charge in [0.25, 0.3) is 0 Å². The van der Waals surface area contributed by atoms with Crippen LogP contribution in [0.25, 0.3) is 0 Å². The number of rotatable bonds is 6. The molecule has 1 saturated carbocycles. The van der Waals surface area contributed by atoms with E-state index in [1.807, 2.05) is 24.0 Å². The molecule has 2 rings (SSSR count). The van der Waals surface area contributed by atoms with E-state index in [1.54, 1.807) is 6.20 Å². The van der Waals surface area contributed by atoms with Crippen molar-refractivity contribution < 1.29 is 0 Å². The molecular formula is C14H25N5. The Balaban J connectivity index is 1.68. The van der Waals surface area contributed by atoms with E-state index >= 15 is 0 Å². The van der Waals surface area contributed by atoms with Crippen molar-refractivity contribution in [3.8, 4) is 0 Å². The molecular weight excluding hydrogens is 238 g/mol. The largest absolute Gasteiger partial charge is 0.356 e. The summed E-state index contributed by atoms with van der Waals surface area (Å²) in [6.45, 7) is 5.01. The van der Waals surface area contributed by atoms with Gasteiger partial charge in [-0.15, -0.1) is 0 Å². The third-order valence-electron chi connectivity index (χ3n) is 4.21. The summed E-state index contributed by atoms with van der Waals surface area (Å²) in [6.07, 6.45) is 9.10. The van der Waals surface area contributed by atoms with Gasteiger partial charge in [-0.3, -0.25) is 9.67 Å². The molecule has 0 saturated heterocycles. The maximum Gasteiger partial charge on any atom is 0.191 e. The van der Waals surface area contributed by atoms with Gasteiger partial charge in [-0.2, -0.15) is 5.10 Å². The first-order valence-electron chi connectivity index (χ1n) is 7.20. The summed E-state index contributed by atoms with van der Waals surface area (Å²) in [4.78, 5) is 4.27. The molecule has 0 aromatic carbocycles. The van der Waals surface area contributed by atoms with Crippen LogP contribution in [0.1, 0.15) is 32.6 Å². The third kappa shape index (κ3) is 3.72. The Kier molecular flexibility index (Phi) is 4.82. The van der Waals surface area contributed by atoms with Crippen LogP contribution in [0.4, 0.5) is 0 Å². The van der Waals surface area contributed by atoms with Crippen LogP contribution in [-0.4, -0.2) is 35.9 Å². The van der Waals surface area contributed by atoms with Gasteiger partial charge >= 0.3 is 0 Å². The van der Waals surface area contributed by atoms with Crippen molar-refractivity contribution in [1.82, 2.24) is 20.4 Å². The van der Waals surface area contributed by atoms with Gasteiger partial charge < -0.3 is 10.6 Å². The lowest BCUT2D eigenvalue weighted by molar-refractivity contribution is 0.131. The highest BCUT2D eigenvalue weighted by molar-refractivity contribution is 5.79. The Morgan fingerprint density at radius 1 is 1.42 bits per heavy atom. The molecule has 0 bridgehead atoms. The Morgan fingerprint density at radius 2 is 2.26 bits per heavy atom. The van der Waals surface area contributed by atoms with Gasteiger partial charge in [0.15, 0.2) is 5.96 Å². The number of aromatic nitrogens is 2. The molecule has 1 aliphatic rings. The zero-order valence-electron chi connectivity index (χ0n) is 12.0. The standard InChI is InChI=1S/C14H25N5/c1-3-14(6-4-7-14)12-17-13(15-2)16-9-11-19-10-5-8-18-19/h5,8,10H,3-4,6-7,9,11-12H2,1-2H3,(H2,15,16,17). The van der Waals surface area contributed by atoms with Gasteiger partial charge in [-0.05, 0) is 30.7 Å². The minimum Gasteiger partial charge on any atom is -0.356 e. The Bertz CT molecular complexity index is 386. The molecule has 19 heavy (non-hydrogen) atoms. The Morgan fingerprint density at radius 3 is 2.79 bits per heavy atom. The van der Waals surface area contributed by atoms with Crippen LogP contribution in [0.5, 0.6) is 0 Å². The molecule has 106 valence electrons. The van der Waals surface area contributed by atoms with E-state index < -0.39 is 0 Å². The number of hydrogen-bond donors (Lipinski definition) is 2. The van der Waals surface area contributed by atoms with Gasteiger partial charge in [0.05, 0.1) is 6.54 Å². The second-order valence-corrected chi connectivity index (χ2v) is 5.33. The number of aliphatic imine (C=N–C) groups is 1. The zero-order valence-corrected chi connectivity index (χ0v) is 12.0. The fourth-order valence-corrected chi connectivity index (χ4v) is 2.55. The monoisotopic (exact) mass is 263 g/mol. The molecule has 1 aromatic heterocycles. The van der Waals surface area contributed by atoms with E-state index in [4.69, 9.17) is 0 Å². The first-order valence-corrected chi connectivity index (χ1v) is 7.20. The summed E-state index contributed by atoms with van der Waals surface area (Å²) in [7, 11) is 1.82. The van der Waals surface area contributed by atoms with Crippen molar-refractivity contribution in [2.45, 2.75) is 39.2 Å². The lowest BCUT2D eigenvalue weighted by Crippen LogP contribution is -2.46. The normalized spacial score (nSPS) is 17.9. The quantitative estimate of drug-likeness (QED) is 0.606. The first kappa shape index (κ1) is 13.9. The summed E-state index contributed by atoms with van der Waals surface area (Å²) in [5.41, 5.74) is 0.513. The SMILES string of the molecule is CCC1(CNC(=NC)NCCn2cccn2)CCC1. The predicted molar refractivity (Wildman–Crippen MR) is 78.2 cm³/mol. The summed E-state index contributed by atoms with van der Waals surface area (Å²) < 4.78 is 1.92. The smallest absolute Gasteiger partial charge is 0.191 e. The number of nitrogens with zero attached hydrogens (tertiary/aromatic N) is 3. The van der Waals surface area contributed by atoms with E-state index in [1.165, 1.54) is 25.7 Å². The molecule has 0 aliphatic heterocycles. The third-order valence-corrected chi connectivity index (χ3v) is 4.21. The van der Waals surface area contributed by atoms with Crippen LogP contribution >= 0.6 is 0 Å². The van der Waals surface area contributed by atoms with E-state index in [-0.39, 0.29) is 0 Å². The molecule has 1 fully saturated rings. The molecule has 0 atom stereocenters. The molecule has 0 amide bonds. The molecule has 1 aliphatic carbocycles. The van der Waals surface area contributed by atoms with Crippen LogP contribution in [0.3, 0.4) is 0 Å². The average molecular weight is 263 g/mol.